The van der Waals surface area contributed by atoms with Crippen molar-refractivity contribution in [3.63, 3.8) is 0 Å². The molecule has 2 nitrogen and oxygen atoms in total. The third kappa shape index (κ3) is 18.4. The summed E-state index contributed by atoms with van der Waals surface area (Å²) in [6, 6.07) is 0. The molecule has 0 rings (SSSR count). The average Bonchev–Trinajstić information content (AvgIpc) is 2.50. The van der Waals surface area contributed by atoms with Crippen LogP contribution in [0.15, 0.2) is 48.6 Å². The van der Waals surface area contributed by atoms with E-state index >= 15 is 0 Å². The quantitative estimate of drug-likeness (QED) is 0.253. The molecule has 1 amide bonds. The number of carbonyl (C=O) groups is 1. The van der Waals surface area contributed by atoms with E-state index in [1.165, 1.54) is 63.9 Å². The van der Waals surface area contributed by atoms with Crippen molar-refractivity contribution in [1.82, 2.24) is 0 Å². The van der Waals surface area contributed by atoms with Crippen LogP contribution in [0, 0.1) is 0 Å². The predicted molar refractivity (Wildman–Crippen MR) is 97.6 cm³/mol. The fraction of sp³-hybridized carbons (Fsp3) is 0.550. The van der Waals surface area contributed by atoms with Gasteiger partial charge in [0.05, 0.1) is 0 Å². The Bertz CT molecular complexity index is 364. The van der Waals surface area contributed by atoms with Gasteiger partial charge < -0.3 is 5.73 Å². The van der Waals surface area contributed by atoms with Crippen molar-refractivity contribution in [1.29, 1.82) is 0 Å². The highest BCUT2D eigenvalue weighted by molar-refractivity contribution is 5.85. The lowest BCUT2D eigenvalue weighted by molar-refractivity contribution is -0.113. The molecule has 0 heterocycles. The minimum absolute atomic E-state index is 0.422. The van der Waals surface area contributed by atoms with Crippen molar-refractivity contribution in [2.45, 2.75) is 71.1 Å². The molecule has 0 spiro atoms. The molecule has 0 atom stereocenters. The van der Waals surface area contributed by atoms with Gasteiger partial charge in [0.1, 0.15) is 0 Å². The molecule has 0 aliphatic heterocycles. The molecule has 0 aliphatic rings. The number of unbranched alkanes of at least 4 members (excludes halogenated alkanes) is 9. The van der Waals surface area contributed by atoms with E-state index < -0.39 is 5.91 Å². The number of primary amides is 1. The number of hydrogen-bond acceptors (Lipinski definition) is 1. The first-order valence-electron chi connectivity index (χ1n) is 8.73. The Balaban J connectivity index is 3.35. The number of hydrogen-bond donors (Lipinski definition) is 1. The van der Waals surface area contributed by atoms with Gasteiger partial charge in [0, 0.05) is 6.08 Å². The number of rotatable bonds is 14. The molecular formula is C20H33NO. The molecule has 0 aliphatic carbocycles. The number of allylic oxidation sites excluding steroid dienone is 7. The molecule has 0 unspecified atom stereocenters. The number of carbonyl (C=O) groups excluding carboxylic acids is 1. The smallest absolute Gasteiger partial charge is 0.241 e. The summed E-state index contributed by atoms with van der Waals surface area (Å²) in [6.45, 7) is 2.26. The lowest BCUT2D eigenvalue weighted by Gasteiger charge is -2.00. The van der Waals surface area contributed by atoms with E-state index in [1.54, 1.807) is 12.2 Å². The lowest BCUT2D eigenvalue weighted by atomic mass is 10.1. The fourth-order valence-electron chi connectivity index (χ4n) is 2.15. The summed E-state index contributed by atoms with van der Waals surface area (Å²) in [7, 11) is 0. The van der Waals surface area contributed by atoms with E-state index in [9.17, 15) is 4.79 Å². The highest BCUT2D eigenvalue weighted by atomic mass is 16.1. The second-order valence-electron chi connectivity index (χ2n) is 5.58. The van der Waals surface area contributed by atoms with Crippen molar-refractivity contribution in [3.05, 3.63) is 48.6 Å². The Morgan fingerprint density at radius 1 is 0.727 bits per heavy atom. The van der Waals surface area contributed by atoms with Crippen molar-refractivity contribution < 1.29 is 4.79 Å². The van der Waals surface area contributed by atoms with Gasteiger partial charge in [-0.05, 0) is 12.8 Å². The number of nitrogens with two attached hydrogens (primary N) is 1. The van der Waals surface area contributed by atoms with Crippen LogP contribution in [-0.4, -0.2) is 5.91 Å². The Morgan fingerprint density at radius 2 is 1.23 bits per heavy atom. The normalized spacial score (nSPS) is 12.4. The van der Waals surface area contributed by atoms with Crippen LogP contribution in [0.25, 0.3) is 0 Å². The molecule has 0 aromatic rings. The van der Waals surface area contributed by atoms with E-state index in [0.29, 0.717) is 0 Å². The van der Waals surface area contributed by atoms with Crippen LogP contribution < -0.4 is 5.73 Å². The van der Waals surface area contributed by atoms with Gasteiger partial charge in [0.25, 0.3) is 0 Å². The molecule has 0 aromatic carbocycles. The van der Waals surface area contributed by atoms with E-state index in [0.717, 1.165) is 6.42 Å². The standard InChI is InChI=1S/C20H33NO/c1-2-3-4-5-6-7-8-9-10-11-12-13-14-15-16-17-18-19-20(21)22/h12-19H,2-11H2,1H3,(H2,21,22)/b13-12?,15-14?,17-16+,19-18+. The zero-order chi connectivity index (χ0) is 16.3. The van der Waals surface area contributed by atoms with Crippen LogP contribution in [0.5, 0.6) is 0 Å². The Morgan fingerprint density at radius 3 is 1.82 bits per heavy atom. The molecule has 0 radical (unpaired) electrons. The van der Waals surface area contributed by atoms with E-state index in [4.69, 9.17) is 5.73 Å². The summed E-state index contributed by atoms with van der Waals surface area (Å²) in [5.41, 5.74) is 4.97. The SMILES string of the molecule is CCCCCCCCCCCC=CC=C/C=C/C=C/C(N)=O. The Labute approximate surface area is 136 Å². The van der Waals surface area contributed by atoms with Crippen molar-refractivity contribution >= 4 is 5.91 Å². The second-order valence-corrected chi connectivity index (χ2v) is 5.58. The third-order valence-electron chi connectivity index (χ3n) is 3.43. The lowest BCUT2D eigenvalue weighted by Crippen LogP contribution is -2.04. The van der Waals surface area contributed by atoms with Gasteiger partial charge in [0.15, 0.2) is 0 Å². The maximum absolute atomic E-state index is 10.4. The molecule has 0 bridgehead atoms. The van der Waals surface area contributed by atoms with Crippen LogP contribution >= 0.6 is 0 Å². The van der Waals surface area contributed by atoms with Gasteiger partial charge in [-0.2, -0.15) is 0 Å². The van der Waals surface area contributed by atoms with E-state index in [2.05, 4.69) is 19.1 Å². The minimum Gasteiger partial charge on any atom is -0.366 e. The largest absolute Gasteiger partial charge is 0.366 e. The van der Waals surface area contributed by atoms with Crippen molar-refractivity contribution in [3.8, 4) is 0 Å². The van der Waals surface area contributed by atoms with Crippen molar-refractivity contribution in [2.24, 2.45) is 5.73 Å². The minimum atomic E-state index is -0.422. The van der Waals surface area contributed by atoms with Crippen LogP contribution in [0.1, 0.15) is 71.1 Å². The topological polar surface area (TPSA) is 43.1 Å². The van der Waals surface area contributed by atoms with E-state index in [1.807, 2.05) is 18.2 Å². The molecule has 124 valence electrons. The molecule has 22 heavy (non-hydrogen) atoms. The third-order valence-corrected chi connectivity index (χ3v) is 3.43. The summed E-state index contributed by atoms with van der Waals surface area (Å²) in [5.74, 6) is -0.422. The molecule has 2 heteroatoms. The van der Waals surface area contributed by atoms with Gasteiger partial charge >= 0.3 is 0 Å². The monoisotopic (exact) mass is 303 g/mol. The fourth-order valence-corrected chi connectivity index (χ4v) is 2.15. The second kappa shape index (κ2) is 17.5. The highest BCUT2D eigenvalue weighted by Gasteiger charge is 1.90. The van der Waals surface area contributed by atoms with Gasteiger partial charge in [-0.25, -0.2) is 0 Å². The first-order valence-corrected chi connectivity index (χ1v) is 8.73. The summed E-state index contributed by atoms with van der Waals surface area (Å²) in [6.07, 6.45) is 28.4. The summed E-state index contributed by atoms with van der Waals surface area (Å²) in [5, 5.41) is 0. The zero-order valence-electron chi connectivity index (χ0n) is 14.2. The zero-order valence-corrected chi connectivity index (χ0v) is 14.2. The van der Waals surface area contributed by atoms with Crippen LogP contribution in [-0.2, 0) is 4.79 Å². The summed E-state index contributed by atoms with van der Waals surface area (Å²) in [4.78, 5) is 10.4. The van der Waals surface area contributed by atoms with Crippen molar-refractivity contribution in [2.75, 3.05) is 0 Å². The Hall–Kier alpha value is -1.57. The summed E-state index contributed by atoms with van der Waals surface area (Å²) < 4.78 is 0. The maximum Gasteiger partial charge on any atom is 0.241 e. The summed E-state index contributed by atoms with van der Waals surface area (Å²) >= 11 is 0. The number of amides is 1. The van der Waals surface area contributed by atoms with Crippen LogP contribution in [0.3, 0.4) is 0 Å². The molecule has 0 saturated carbocycles. The molecule has 0 fully saturated rings. The molecule has 0 saturated heterocycles. The van der Waals surface area contributed by atoms with E-state index in [-0.39, 0.29) is 0 Å². The molecule has 0 aromatic heterocycles. The van der Waals surface area contributed by atoms with Crippen LogP contribution in [0.4, 0.5) is 0 Å². The maximum atomic E-state index is 10.4. The van der Waals surface area contributed by atoms with Gasteiger partial charge in [-0.15, -0.1) is 0 Å². The first kappa shape index (κ1) is 20.4. The van der Waals surface area contributed by atoms with Crippen LogP contribution in [0.2, 0.25) is 0 Å². The average molecular weight is 303 g/mol. The molecule has 2 N–H and O–H groups in total. The predicted octanol–water partition coefficient (Wildman–Crippen LogP) is 5.62. The molecular weight excluding hydrogens is 270 g/mol. The Kier molecular flexibility index (Phi) is 16.2. The first-order chi connectivity index (χ1) is 10.8. The van der Waals surface area contributed by atoms with Gasteiger partial charge in [0.2, 0.25) is 5.91 Å². The highest BCUT2D eigenvalue weighted by Crippen LogP contribution is 2.10. The van der Waals surface area contributed by atoms with Gasteiger partial charge in [-0.3, -0.25) is 4.79 Å². The van der Waals surface area contributed by atoms with Gasteiger partial charge in [-0.1, -0.05) is 101 Å².